The summed E-state index contributed by atoms with van der Waals surface area (Å²) >= 11 is 0. The van der Waals surface area contributed by atoms with Gasteiger partial charge in [-0.1, -0.05) is 0 Å². The molecule has 0 radical (unpaired) electrons. The molecule has 3 heterocycles. The van der Waals surface area contributed by atoms with Gasteiger partial charge in [0.15, 0.2) is 0 Å². The quantitative estimate of drug-likeness (QED) is 0.886. The van der Waals surface area contributed by atoms with Crippen molar-refractivity contribution in [1.29, 1.82) is 0 Å². The molecule has 0 amide bonds. The van der Waals surface area contributed by atoms with Crippen LogP contribution in [-0.4, -0.2) is 44.1 Å². The van der Waals surface area contributed by atoms with Gasteiger partial charge in [-0.05, 0) is 42.7 Å². The van der Waals surface area contributed by atoms with Gasteiger partial charge in [0.2, 0.25) is 16.0 Å². The summed E-state index contributed by atoms with van der Waals surface area (Å²) in [6.07, 6.45) is 5.65. The Labute approximate surface area is 147 Å². The van der Waals surface area contributed by atoms with Gasteiger partial charge in [0, 0.05) is 37.9 Å². The van der Waals surface area contributed by atoms with E-state index in [1.807, 2.05) is 0 Å². The van der Waals surface area contributed by atoms with Gasteiger partial charge in [-0.2, -0.15) is 0 Å². The van der Waals surface area contributed by atoms with Crippen molar-refractivity contribution in [2.45, 2.75) is 30.2 Å². The van der Waals surface area contributed by atoms with Crippen molar-refractivity contribution in [3.63, 3.8) is 0 Å². The van der Waals surface area contributed by atoms with E-state index in [2.05, 4.69) is 19.6 Å². The lowest BCUT2D eigenvalue weighted by atomic mass is 10.1. The minimum Gasteiger partial charge on any atom is -0.493 e. The Morgan fingerprint density at radius 1 is 1.16 bits per heavy atom. The number of aromatic nitrogens is 2. The van der Waals surface area contributed by atoms with Crippen LogP contribution >= 0.6 is 0 Å². The Kier molecular flexibility index (Phi) is 4.30. The molecule has 2 aromatic rings. The average molecular weight is 360 g/mol. The molecule has 1 saturated heterocycles. The molecular weight excluding hydrogens is 340 g/mol. The number of benzene rings is 1. The summed E-state index contributed by atoms with van der Waals surface area (Å²) in [5, 5.41) is 0. The van der Waals surface area contributed by atoms with Crippen LogP contribution in [-0.2, 0) is 16.4 Å². The van der Waals surface area contributed by atoms with Crippen molar-refractivity contribution in [3.05, 3.63) is 42.2 Å². The number of sulfonamides is 1. The highest BCUT2D eigenvalue weighted by Crippen LogP contribution is 2.28. The standard InChI is InChI=1S/C17H20N4O3S/c22-25(23,15-2-3-16-13(12-15)6-11-24-16)20-14-4-9-21(10-5-14)17-18-7-1-8-19-17/h1-3,7-8,12,14,20H,4-6,9-11H2. The summed E-state index contributed by atoms with van der Waals surface area (Å²) in [6.45, 7) is 2.08. The number of hydrogen-bond acceptors (Lipinski definition) is 6. The average Bonchev–Trinajstić information content (AvgIpc) is 3.10. The number of piperidine rings is 1. The minimum absolute atomic E-state index is 0.0746. The monoisotopic (exact) mass is 360 g/mol. The first-order chi connectivity index (χ1) is 12.1. The Hall–Kier alpha value is -2.19. The molecule has 0 atom stereocenters. The van der Waals surface area contributed by atoms with Crippen LogP contribution in [0.5, 0.6) is 5.75 Å². The van der Waals surface area contributed by atoms with Crippen LogP contribution in [0.25, 0.3) is 0 Å². The molecule has 0 aliphatic carbocycles. The zero-order valence-corrected chi connectivity index (χ0v) is 14.6. The summed E-state index contributed by atoms with van der Waals surface area (Å²) in [5.74, 6) is 1.48. The fourth-order valence-corrected chi connectivity index (χ4v) is 4.62. The van der Waals surface area contributed by atoms with Crippen LogP contribution in [0.1, 0.15) is 18.4 Å². The second-order valence-corrected chi connectivity index (χ2v) is 8.01. The molecule has 1 aromatic heterocycles. The van der Waals surface area contributed by atoms with E-state index in [1.54, 1.807) is 36.7 Å². The summed E-state index contributed by atoms with van der Waals surface area (Å²) in [4.78, 5) is 10.9. The third-order valence-electron chi connectivity index (χ3n) is 4.62. The first kappa shape index (κ1) is 16.3. The number of fused-ring (bicyclic) bond motifs is 1. The predicted molar refractivity (Wildman–Crippen MR) is 93.2 cm³/mol. The van der Waals surface area contributed by atoms with Gasteiger partial charge in [-0.25, -0.2) is 23.1 Å². The van der Waals surface area contributed by atoms with Crippen LogP contribution in [0.3, 0.4) is 0 Å². The highest BCUT2D eigenvalue weighted by atomic mass is 32.2. The summed E-state index contributed by atoms with van der Waals surface area (Å²) in [6, 6.07) is 6.78. The van der Waals surface area contributed by atoms with Crippen molar-refractivity contribution in [2.24, 2.45) is 0 Å². The first-order valence-corrected chi connectivity index (χ1v) is 9.90. The lowest BCUT2D eigenvalue weighted by Crippen LogP contribution is -2.45. The molecule has 2 aliphatic heterocycles. The largest absolute Gasteiger partial charge is 0.493 e. The van der Waals surface area contributed by atoms with Crippen molar-refractivity contribution in [1.82, 2.24) is 14.7 Å². The van der Waals surface area contributed by atoms with E-state index < -0.39 is 10.0 Å². The normalized spacial score (nSPS) is 18.0. The fourth-order valence-electron chi connectivity index (χ4n) is 3.27. The van der Waals surface area contributed by atoms with E-state index in [-0.39, 0.29) is 6.04 Å². The smallest absolute Gasteiger partial charge is 0.240 e. The molecule has 25 heavy (non-hydrogen) atoms. The maximum absolute atomic E-state index is 12.7. The van der Waals surface area contributed by atoms with E-state index in [9.17, 15) is 8.42 Å². The molecule has 2 aliphatic rings. The van der Waals surface area contributed by atoms with Gasteiger partial charge in [0.05, 0.1) is 11.5 Å². The van der Waals surface area contributed by atoms with E-state index >= 15 is 0 Å². The SMILES string of the molecule is O=S(=O)(NC1CCN(c2ncccn2)CC1)c1ccc2c(c1)CCO2. The molecule has 1 fully saturated rings. The molecule has 1 aromatic carbocycles. The van der Waals surface area contributed by atoms with Crippen molar-refractivity contribution in [2.75, 3.05) is 24.6 Å². The number of anilines is 1. The molecular formula is C17H20N4O3S. The third-order valence-corrected chi connectivity index (χ3v) is 6.14. The lowest BCUT2D eigenvalue weighted by Gasteiger charge is -2.32. The predicted octanol–water partition coefficient (Wildman–Crippen LogP) is 1.36. The molecule has 7 nitrogen and oxygen atoms in total. The Bertz CT molecular complexity index is 849. The second-order valence-electron chi connectivity index (χ2n) is 6.30. The zero-order chi connectivity index (χ0) is 17.3. The Morgan fingerprint density at radius 3 is 2.68 bits per heavy atom. The Balaban J connectivity index is 1.41. The maximum atomic E-state index is 12.7. The molecule has 0 bridgehead atoms. The van der Waals surface area contributed by atoms with Crippen molar-refractivity contribution >= 4 is 16.0 Å². The molecule has 0 saturated carbocycles. The van der Waals surface area contributed by atoms with Gasteiger partial charge >= 0.3 is 0 Å². The zero-order valence-electron chi connectivity index (χ0n) is 13.8. The van der Waals surface area contributed by atoms with Gasteiger partial charge in [-0.15, -0.1) is 0 Å². The van der Waals surface area contributed by atoms with Gasteiger partial charge < -0.3 is 9.64 Å². The molecule has 1 N–H and O–H groups in total. The number of ether oxygens (including phenoxy) is 1. The van der Waals surface area contributed by atoms with E-state index in [0.29, 0.717) is 17.5 Å². The molecule has 4 rings (SSSR count). The van der Waals surface area contributed by atoms with Gasteiger partial charge in [0.1, 0.15) is 5.75 Å². The number of nitrogens with one attached hydrogen (secondary N) is 1. The van der Waals surface area contributed by atoms with Crippen LogP contribution in [0.4, 0.5) is 5.95 Å². The fraction of sp³-hybridized carbons (Fsp3) is 0.412. The molecule has 132 valence electrons. The van der Waals surface area contributed by atoms with E-state index in [4.69, 9.17) is 4.74 Å². The summed E-state index contributed by atoms with van der Waals surface area (Å²) in [7, 11) is -3.52. The first-order valence-electron chi connectivity index (χ1n) is 8.42. The van der Waals surface area contributed by atoms with Crippen LogP contribution in [0.15, 0.2) is 41.6 Å². The lowest BCUT2D eigenvalue weighted by molar-refractivity contribution is 0.356. The van der Waals surface area contributed by atoms with Crippen molar-refractivity contribution < 1.29 is 13.2 Å². The van der Waals surface area contributed by atoms with E-state index in [0.717, 1.165) is 43.7 Å². The molecule has 8 heteroatoms. The summed E-state index contributed by atoms with van der Waals surface area (Å²) < 4.78 is 33.6. The van der Waals surface area contributed by atoms with E-state index in [1.165, 1.54) is 0 Å². The van der Waals surface area contributed by atoms with Crippen LogP contribution in [0.2, 0.25) is 0 Å². The number of nitrogens with zero attached hydrogens (tertiary/aromatic N) is 3. The summed E-state index contributed by atoms with van der Waals surface area (Å²) in [5.41, 5.74) is 0.957. The maximum Gasteiger partial charge on any atom is 0.240 e. The highest BCUT2D eigenvalue weighted by molar-refractivity contribution is 7.89. The Morgan fingerprint density at radius 2 is 1.92 bits per heavy atom. The third kappa shape index (κ3) is 3.45. The van der Waals surface area contributed by atoms with Crippen molar-refractivity contribution in [3.8, 4) is 5.75 Å². The molecule has 0 unspecified atom stereocenters. The van der Waals surface area contributed by atoms with Crippen LogP contribution < -0.4 is 14.4 Å². The number of hydrogen-bond donors (Lipinski definition) is 1. The van der Waals surface area contributed by atoms with Gasteiger partial charge in [-0.3, -0.25) is 0 Å². The molecule has 0 spiro atoms. The van der Waals surface area contributed by atoms with Crippen LogP contribution in [0, 0.1) is 0 Å². The minimum atomic E-state index is -3.52. The topological polar surface area (TPSA) is 84.4 Å². The van der Waals surface area contributed by atoms with Gasteiger partial charge in [0.25, 0.3) is 0 Å². The second kappa shape index (κ2) is 6.61. The number of rotatable bonds is 4. The highest BCUT2D eigenvalue weighted by Gasteiger charge is 2.26.